The van der Waals surface area contributed by atoms with Gasteiger partial charge in [-0.25, -0.2) is 4.79 Å². The molecule has 1 aromatic carbocycles. The minimum atomic E-state index is -5.27. The van der Waals surface area contributed by atoms with Crippen LogP contribution in [-0.4, -0.2) is 30.8 Å². The van der Waals surface area contributed by atoms with Crippen molar-refractivity contribution in [2.75, 3.05) is 12.4 Å². The summed E-state index contributed by atoms with van der Waals surface area (Å²) >= 11 is 0.991. The van der Waals surface area contributed by atoms with Crippen molar-refractivity contribution in [1.82, 2.24) is 5.32 Å². The lowest BCUT2D eigenvalue weighted by Gasteiger charge is -2.34. The van der Waals surface area contributed by atoms with Gasteiger partial charge in [0.1, 0.15) is 11.1 Å². The molecule has 0 bridgehead atoms. The summed E-state index contributed by atoms with van der Waals surface area (Å²) in [7, 11) is 0.797. The highest BCUT2D eigenvalue weighted by Gasteiger charge is 2.64. The van der Waals surface area contributed by atoms with Crippen LogP contribution in [-0.2, 0) is 22.4 Å². The monoisotopic (exact) mass is 451 g/mol. The van der Waals surface area contributed by atoms with Crippen LogP contribution in [0.15, 0.2) is 30.3 Å². The highest BCUT2D eigenvalue weighted by atomic mass is 32.1. The largest absolute Gasteiger partial charge is 0.466 e. The number of fused-ring (bicyclic) bond motifs is 1. The van der Waals surface area contributed by atoms with Gasteiger partial charge in [-0.2, -0.15) is 18.4 Å². The van der Waals surface area contributed by atoms with Crippen molar-refractivity contribution in [3.05, 3.63) is 51.9 Å². The highest BCUT2D eigenvalue weighted by molar-refractivity contribution is 7.16. The molecule has 1 aromatic heterocycles. The lowest BCUT2D eigenvalue weighted by molar-refractivity contribution is -0.203. The molecule has 3 rings (SSSR count). The van der Waals surface area contributed by atoms with Crippen LogP contribution >= 0.6 is 11.3 Å². The second-order valence-electron chi connectivity index (χ2n) is 7.35. The number of alkyl halides is 3. The van der Waals surface area contributed by atoms with Gasteiger partial charge in [-0.3, -0.25) is 4.79 Å². The van der Waals surface area contributed by atoms with Gasteiger partial charge in [0, 0.05) is 10.4 Å². The standard InChI is InChI=1S/C21H20F3N3O3S/c1-12-8-9-14-15(11-25)18(31-16(14)10-12)27-20(19(29)30-2,21(22,23)24)26-17(28)13-6-4-3-5-7-13/h3-7,12,27H,8-10H2,1-2H3,(H,26,28)/t12-,20-/m0/s1. The van der Waals surface area contributed by atoms with E-state index in [0.29, 0.717) is 24.3 Å². The van der Waals surface area contributed by atoms with E-state index in [2.05, 4.69) is 10.1 Å². The molecular formula is C21H20F3N3O3S. The predicted octanol–water partition coefficient (Wildman–Crippen LogP) is 4.02. The Labute approximate surface area is 181 Å². The summed E-state index contributed by atoms with van der Waals surface area (Å²) in [4.78, 5) is 25.8. The van der Waals surface area contributed by atoms with Crippen LogP contribution < -0.4 is 10.6 Å². The number of hydrogen-bond acceptors (Lipinski definition) is 6. The van der Waals surface area contributed by atoms with Crippen LogP contribution in [0.4, 0.5) is 18.2 Å². The average Bonchev–Trinajstić information content (AvgIpc) is 3.08. The summed E-state index contributed by atoms with van der Waals surface area (Å²) in [6, 6.07) is 9.16. The minimum absolute atomic E-state index is 0.0541. The van der Waals surface area contributed by atoms with Gasteiger partial charge < -0.3 is 15.4 Å². The van der Waals surface area contributed by atoms with Gasteiger partial charge in [0.15, 0.2) is 0 Å². The van der Waals surface area contributed by atoms with E-state index in [4.69, 9.17) is 0 Å². The number of nitriles is 1. The Morgan fingerprint density at radius 1 is 1.26 bits per heavy atom. The minimum Gasteiger partial charge on any atom is -0.466 e. The number of esters is 1. The van der Waals surface area contributed by atoms with Gasteiger partial charge in [-0.05, 0) is 42.9 Å². The molecule has 1 aliphatic carbocycles. The fourth-order valence-corrected chi connectivity index (χ4v) is 4.92. The van der Waals surface area contributed by atoms with E-state index in [1.807, 2.05) is 13.0 Å². The Morgan fingerprint density at radius 2 is 1.94 bits per heavy atom. The predicted molar refractivity (Wildman–Crippen MR) is 109 cm³/mol. The fraction of sp³-hybridized carbons (Fsp3) is 0.381. The molecule has 0 radical (unpaired) electrons. The maximum atomic E-state index is 14.3. The third-order valence-electron chi connectivity index (χ3n) is 5.18. The summed E-state index contributed by atoms with van der Waals surface area (Å²) in [5.41, 5.74) is -2.90. The fourth-order valence-electron chi connectivity index (χ4n) is 3.50. The van der Waals surface area contributed by atoms with Crippen LogP contribution in [0.2, 0.25) is 0 Å². The molecule has 0 fully saturated rings. The summed E-state index contributed by atoms with van der Waals surface area (Å²) in [6.07, 6.45) is -3.27. The summed E-state index contributed by atoms with van der Waals surface area (Å²) in [6.45, 7) is 2.02. The molecule has 0 unspecified atom stereocenters. The van der Waals surface area contributed by atoms with Crippen molar-refractivity contribution in [1.29, 1.82) is 5.26 Å². The third-order valence-corrected chi connectivity index (χ3v) is 6.35. The molecule has 1 heterocycles. The molecule has 164 valence electrons. The zero-order valence-electron chi connectivity index (χ0n) is 16.8. The molecule has 2 atom stereocenters. The number of nitrogens with one attached hydrogen (secondary N) is 2. The molecular weight excluding hydrogens is 431 g/mol. The number of rotatable bonds is 5. The van der Waals surface area contributed by atoms with Crippen molar-refractivity contribution < 1.29 is 27.5 Å². The Bertz CT molecular complexity index is 1030. The summed E-state index contributed by atoms with van der Waals surface area (Å²) < 4.78 is 47.3. The Kier molecular flexibility index (Phi) is 6.27. The Morgan fingerprint density at radius 3 is 2.52 bits per heavy atom. The zero-order valence-corrected chi connectivity index (χ0v) is 17.6. The normalized spacial score (nSPS) is 17.6. The molecule has 0 saturated heterocycles. The Balaban J connectivity index is 2.09. The number of halogens is 3. The number of amides is 1. The van der Waals surface area contributed by atoms with E-state index in [0.717, 1.165) is 29.7 Å². The van der Waals surface area contributed by atoms with Crippen LogP contribution in [0, 0.1) is 17.2 Å². The number of thiophene rings is 1. The van der Waals surface area contributed by atoms with Crippen LogP contribution in [0.5, 0.6) is 0 Å². The topological polar surface area (TPSA) is 91.2 Å². The van der Waals surface area contributed by atoms with Gasteiger partial charge in [-0.15, -0.1) is 11.3 Å². The molecule has 31 heavy (non-hydrogen) atoms. The van der Waals surface area contributed by atoms with E-state index in [1.54, 1.807) is 11.4 Å². The van der Waals surface area contributed by atoms with Crippen LogP contribution in [0.3, 0.4) is 0 Å². The molecule has 0 spiro atoms. The second-order valence-corrected chi connectivity index (χ2v) is 8.46. The van der Waals surface area contributed by atoms with Crippen molar-refractivity contribution >= 4 is 28.2 Å². The van der Waals surface area contributed by atoms with Gasteiger partial charge in [-0.1, -0.05) is 25.1 Å². The van der Waals surface area contributed by atoms with Crippen molar-refractivity contribution in [2.24, 2.45) is 5.92 Å². The molecule has 1 amide bonds. The SMILES string of the molecule is COC(=O)[C@](NC(=O)c1ccccc1)(Nc1sc2c(c1C#N)CC[C@H](C)C2)C(F)(F)F. The highest BCUT2D eigenvalue weighted by Crippen LogP contribution is 2.42. The number of carbonyl (C=O) groups is 2. The smallest absolute Gasteiger partial charge is 0.441 e. The molecule has 6 nitrogen and oxygen atoms in total. The molecule has 0 aliphatic heterocycles. The Hall–Kier alpha value is -3.06. The molecule has 2 aromatic rings. The van der Waals surface area contributed by atoms with E-state index < -0.39 is 23.7 Å². The molecule has 2 N–H and O–H groups in total. The van der Waals surface area contributed by atoms with Gasteiger partial charge in [0.25, 0.3) is 5.91 Å². The van der Waals surface area contributed by atoms with E-state index in [-0.39, 0.29) is 16.1 Å². The van der Waals surface area contributed by atoms with Gasteiger partial charge in [0.2, 0.25) is 0 Å². The van der Waals surface area contributed by atoms with Crippen molar-refractivity contribution in [3.8, 4) is 6.07 Å². The van der Waals surface area contributed by atoms with E-state index in [9.17, 15) is 28.0 Å². The van der Waals surface area contributed by atoms with E-state index >= 15 is 0 Å². The number of anilines is 1. The zero-order chi connectivity index (χ0) is 22.8. The lowest BCUT2D eigenvalue weighted by atomic mass is 9.88. The quantitative estimate of drug-likeness (QED) is 0.529. The van der Waals surface area contributed by atoms with Crippen LogP contribution in [0.1, 0.15) is 39.7 Å². The second kappa shape index (κ2) is 8.59. The summed E-state index contributed by atoms with van der Waals surface area (Å²) in [5.74, 6) is -2.53. The third kappa shape index (κ3) is 4.23. The number of carbonyl (C=O) groups excluding carboxylic acids is 2. The summed E-state index contributed by atoms with van der Waals surface area (Å²) in [5, 5.41) is 13.4. The van der Waals surface area contributed by atoms with Crippen molar-refractivity contribution in [2.45, 2.75) is 38.0 Å². The van der Waals surface area contributed by atoms with Gasteiger partial charge in [0.05, 0.1) is 12.7 Å². The molecule has 10 heteroatoms. The molecule has 1 aliphatic rings. The number of hydrogen-bond donors (Lipinski definition) is 2. The average molecular weight is 451 g/mol. The molecule has 0 saturated carbocycles. The lowest BCUT2D eigenvalue weighted by Crippen LogP contribution is -2.69. The maximum Gasteiger partial charge on any atom is 0.441 e. The number of nitrogens with zero attached hydrogens (tertiary/aromatic N) is 1. The number of methoxy groups -OCH3 is 1. The first-order chi connectivity index (χ1) is 14.6. The first kappa shape index (κ1) is 22.6. The van der Waals surface area contributed by atoms with Gasteiger partial charge >= 0.3 is 17.8 Å². The van der Waals surface area contributed by atoms with Crippen molar-refractivity contribution in [3.63, 3.8) is 0 Å². The first-order valence-corrected chi connectivity index (χ1v) is 10.3. The maximum absolute atomic E-state index is 14.3. The van der Waals surface area contributed by atoms with E-state index in [1.165, 1.54) is 24.3 Å². The van der Waals surface area contributed by atoms with Crippen LogP contribution in [0.25, 0.3) is 0 Å². The number of benzene rings is 1. The number of ether oxygens (including phenoxy) is 1. The first-order valence-electron chi connectivity index (χ1n) is 9.48.